The van der Waals surface area contributed by atoms with Gasteiger partial charge < -0.3 is 14.7 Å². The molecule has 0 saturated carbocycles. The molecule has 92 valence electrons. The molecule has 2 rings (SSSR count). The minimum Gasteiger partial charge on any atom is -0.477 e. The van der Waals surface area contributed by atoms with Crippen LogP contribution >= 0.6 is 0 Å². The molecule has 5 nitrogen and oxygen atoms in total. The standard InChI is InChI=1S/C12H16N2O3/c1-9-8-14(5-2-6-17-9)10-3-4-11(12(15)16)13-7-10/h3-4,7,9H,2,5-6,8H2,1H3,(H,15,16). The fourth-order valence-corrected chi connectivity index (χ4v) is 1.93. The number of anilines is 1. The summed E-state index contributed by atoms with van der Waals surface area (Å²) in [5, 5.41) is 8.78. The quantitative estimate of drug-likeness (QED) is 0.840. The third-order valence-electron chi connectivity index (χ3n) is 2.78. The number of carboxylic acids is 1. The Morgan fingerprint density at radius 3 is 3.06 bits per heavy atom. The van der Waals surface area contributed by atoms with E-state index in [-0.39, 0.29) is 11.8 Å². The van der Waals surface area contributed by atoms with E-state index < -0.39 is 5.97 Å². The molecule has 0 aromatic carbocycles. The third-order valence-corrected chi connectivity index (χ3v) is 2.78. The summed E-state index contributed by atoms with van der Waals surface area (Å²) in [6.45, 7) is 4.54. The fraction of sp³-hybridized carbons (Fsp3) is 0.500. The minimum absolute atomic E-state index is 0.0767. The average molecular weight is 236 g/mol. The maximum atomic E-state index is 10.7. The highest BCUT2D eigenvalue weighted by Gasteiger charge is 2.16. The van der Waals surface area contributed by atoms with Crippen molar-refractivity contribution in [1.29, 1.82) is 0 Å². The van der Waals surface area contributed by atoms with Crippen LogP contribution < -0.4 is 4.90 Å². The Bertz CT molecular complexity index is 391. The van der Waals surface area contributed by atoms with Gasteiger partial charge in [-0.05, 0) is 25.5 Å². The maximum absolute atomic E-state index is 10.7. The van der Waals surface area contributed by atoms with E-state index in [4.69, 9.17) is 9.84 Å². The van der Waals surface area contributed by atoms with Gasteiger partial charge >= 0.3 is 5.97 Å². The van der Waals surface area contributed by atoms with E-state index >= 15 is 0 Å². The minimum atomic E-state index is -0.996. The molecule has 1 aromatic rings. The number of pyridine rings is 1. The molecule has 17 heavy (non-hydrogen) atoms. The summed E-state index contributed by atoms with van der Waals surface area (Å²) in [5.41, 5.74) is 1.03. The van der Waals surface area contributed by atoms with Crippen LogP contribution in [-0.2, 0) is 4.74 Å². The fourth-order valence-electron chi connectivity index (χ4n) is 1.93. The largest absolute Gasteiger partial charge is 0.477 e. The summed E-state index contributed by atoms with van der Waals surface area (Å²) in [7, 11) is 0. The molecule has 0 bridgehead atoms. The number of hydrogen-bond donors (Lipinski definition) is 1. The molecule has 0 aliphatic carbocycles. The Morgan fingerprint density at radius 2 is 2.41 bits per heavy atom. The monoisotopic (exact) mass is 236 g/mol. The molecule has 1 aromatic heterocycles. The molecule has 1 unspecified atom stereocenters. The van der Waals surface area contributed by atoms with Crippen molar-refractivity contribution in [2.45, 2.75) is 19.4 Å². The lowest BCUT2D eigenvalue weighted by molar-refractivity contribution is 0.0690. The highest BCUT2D eigenvalue weighted by Crippen LogP contribution is 2.17. The molecule has 1 N–H and O–H groups in total. The highest BCUT2D eigenvalue weighted by atomic mass is 16.5. The van der Waals surface area contributed by atoms with Crippen molar-refractivity contribution < 1.29 is 14.6 Å². The molecule has 0 amide bonds. The highest BCUT2D eigenvalue weighted by molar-refractivity contribution is 5.85. The molecular formula is C12H16N2O3. The lowest BCUT2D eigenvalue weighted by Crippen LogP contribution is -2.30. The van der Waals surface area contributed by atoms with Crippen LogP contribution in [-0.4, -0.2) is 41.9 Å². The first-order chi connectivity index (χ1) is 8.16. The number of rotatable bonds is 2. The second-order valence-electron chi connectivity index (χ2n) is 4.19. The van der Waals surface area contributed by atoms with Gasteiger partial charge in [-0.3, -0.25) is 0 Å². The second-order valence-corrected chi connectivity index (χ2v) is 4.19. The Balaban J connectivity index is 2.12. The first kappa shape index (κ1) is 11.9. The van der Waals surface area contributed by atoms with Crippen LogP contribution in [0.2, 0.25) is 0 Å². The van der Waals surface area contributed by atoms with Crippen molar-refractivity contribution in [3.63, 3.8) is 0 Å². The zero-order chi connectivity index (χ0) is 12.3. The number of aromatic carboxylic acids is 1. The van der Waals surface area contributed by atoms with Gasteiger partial charge in [0.1, 0.15) is 5.69 Å². The van der Waals surface area contributed by atoms with Gasteiger partial charge in [0.2, 0.25) is 0 Å². The van der Waals surface area contributed by atoms with Crippen LogP contribution in [0.5, 0.6) is 0 Å². The van der Waals surface area contributed by atoms with E-state index in [1.807, 2.05) is 6.92 Å². The van der Waals surface area contributed by atoms with Gasteiger partial charge in [0.25, 0.3) is 0 Å². The van der Waals surface area contributed by atoms with E-state index in [1.54, 1.807) is 12.3 Å². The van der Waals surface area contributed by atoms with Crippen molar-refractivity contribution in [3.8, 4) is 0 Å². The van der Waals surface area contributed by atoms with Crippen LogP contribution in [0.25, 0.3) is 0 Å². The van der Waals surface area contributed by atoms with E-state index in [1.165, 1.54) is 6.07 Å². The summed E-state index contributed by atoms with van der Waals surface area (Å²) in [6.07, 6.45) is 2.78. The lowest BCUT2D eigenvalue weighted by Gasteiger charge is -2.23. The first-order valence-electron chi connectivity index (χ1n) is 5.72. The van der Waals surface area contributed by atoms with Gasteiger partial charge in [0, 0.05) is 19.7 Å². The Labute approximate surface area is 100 Å². The zero-order valence-corrected chi connectivity index (χ0v) is 9.80. The Morgan fingerprint density at radius 1 is 1.59 bits per heavy atom. The third kappa shape index (κ3) is 2.94. The molecule has 2 heterocycles. The Hall–Kier alpha value is -1.62. The van der Waals surface area contributed by atoms with Gasteiger partial charge in [-0.1, -0.05) is 0 Å². The predicted molar refractivity (Wildman–Crippen MR) is 63.4 cm³/mol. The number of nitrogens with zero attached hydrogens (tertiary/aromatic N) is 2. The van der Waals surface area contributed by atoms with Crippen LogP contribution in [0.1, 0.15) is 23.8 Å². The van der Waals surface area contributed by atoms with E-state index in [0.717, 1.165) is 31.8 Å². The molecule has 0 radical (unpaired) electrons. The van der Waals surface area contributed by atoms with Crippen LogP contribution in [0.15, 0.2) is 18.3 Å². The van der Waals surface area contributed by atoms with Gasteiger partial charge in [-0.2, -0.15) is 0 Å². The molecular weight excluding hydrogens is 220 g/mol. The molecule has 0 spiro atoms. The van der Waals surface area contributed by atoms with E-state index in [9.17, 15) is 4.79 Å². The maximum Gasteiger partial charge on any atom is 0.354 e. The van der Waals surface area contributed by atoms with Crippen LogP contribution in [0, 0.1) is 0 Å². The van der Waals surface area contributed by atoms with Gasteiger partial charge in [0.05, 0.1) is 18.0 Å². The number of hydrogen-bond acceptors (Lipinski definition) is 4. The van der Waals surface area contributed by atoms with Crippen molar-refractivity contribution in [2.24, 2.45) is 0 Å². The first-order valence-corrected chi connectivity index (χ1v) is 5.72. The van der Waals surface area contributed by atoms with Gasteiger partial charge in [-0.15, -0.1) is 0 Å². The summed E-state index contributed by atoms with van der Waals surface area (Å²) in [4.78, 5) is 16.8. The molecule has 1 aliphatic heterocycles. The van der Waals surface area contributed by atoms with Crippen molar-refractivity contribution >= 4 is 11.7 Å². The molecule has 5 heteroatoms. The molecule has 1 atom stereocenters. The smallest absolute Gasteiger partial charge is 0.354 e. The SMILES string of the molecule is CC1CN(c2ccc(C(=O)O)nc2)CCCO1. The van der Waals surface area contributed by atoms with E-state index in [2.05, 4.69) is 9.88 Å². The summed E-state index contributed by atoms with van der Waals surface area (Å²) < 4.78 is 5.56. The number of aromatic nitrogens is 1. The zero-order valence-electron chi connectivity index (χ0n) is 9.80. The molecule has 1 fully saturated rings. The number of carbonyl (C=O) groups is 1. The molecule has 1 saturated heterocycles. The second kappa shape index (κ2) is 5.14. The van der Waals surface area contributed by atoms with Crippen LogP contribution in [0.3, 0.4) is 0 Å². The van der Waals surface area contributed by atoms with Crippen molar-refractivity contribution in [3.05, 3.63) is 24.0 Å². The van der Waals surface area contributed by atoms with Crippen LogP contribution in [0.4, 0.5) is 5.69 Å². The van der Waals surface area contributed by atoms with Gasteiger partial charge in [0.15, 0.2) is 0 Å². The van der Waals surface area contributed by atoms with E-state index in [0.29, 0.717) is 0 Å². The average Bonchev–Trinajstić information content (AvgIpc) is 2.54. The predicted octanol–water partition coefficient (Wildman–Crippen LogP) is 1.40. The van der Waals surface area contributed by atoms with Crippen molar-refractivity contribution in [1.82, 2.24) is 4.98 Å². The summed E-state index contributed by atoms with van der Waals surface area (Å²) in [5.74, 6) is -0.996. The summed E-state index contributed by atoms with van der Waals surface area (Å²) >= 11 is 0. The van der Waals surface area contributed by atoms with Crippen molar-refractivity contribution in [2.75, 3.05) is 24.6 Å². The summed E-state index contributed by atoms with van der Waals surface area (Å²) in [6, 6.07) is 3.34. The Kier molecular flexibility index (Phi) is 3.58. The lowest BCUT2D eigenvalue weighted by atomic mass is 10.2. The number of ether oxygens (including phenoxy) is 1. The molecule has 1 aliphatic rings. The number of carboxylic acid groups (broad SMARTS) is 1. The van der Waals surface area contributed by atoms with Gasteiger partial charge in [-0.25, -0.2) is 9.78 Å². The normalized spacial score (nSPS) is 21.0. The topological polar surface area (TPSA) is 62.7 Å².